The number of sulfonamides is 1. The summed E-state index contributed by atoms with van der Waals surface area (Å²) in [7, 11) is -1.10. The van der Waals surface area contributed by atoms with E-state index in [4.69, 9.17) is 15.2 Å². The highest BCUT2D eigenvalue weighted by molar-refractivity contribution is 8.00. The minimum Gasteiger partial charge on any atom is -0.497 e. The van der Waals surface area contributed by atoms with Crippen molar-refractivity contribution in [2.24, 2.45) is 5.73 Å². The monoisotopic (exact) mass is 382 g/mol. The van der Waals surface area contributed by atoms with E-state index in [0.29, 0.717) is 16.3 Å². The molecule has 0 saturated heterocycles. The van der Waals surface area contributed by atoms with Gasteiger partial charge in [-0.25, -0.2) is 8.42 Å². The van der Waals surface area contributed by atoms with Crippen LogP contribution in [0, 0.1) is 0 Å². The number of carbonyl (C=O) groups is 1. The lowest BCUT2D eigenvalue weighted by molar-refractivity contribution is -0.115. The van der Waals surface area contributed by atoms with E-state index in [1.807, 2.05) is 0 Å². The number of hydrogen-bond acceptors (Lipinski definition) is 6. The number of para-hydroxylation sites is 1. The van der Waals surface area contributed by atoms with Crippen molar-refractivity contribution in [2.45, 2.75) is 9.79 Å². The lowest BCUT2D eigenvalue weighted by atomic mass is 10.3. The van der Waals surface area contributed by atoms with Crippen LogP contribution in [0.3, 0.4) is 0 Å². The molecule has 7 nitrogen and oxygen atoms in total. The smallest absolute Gasteiger partial charge is 0.265 e. The second-order valence-electron chi connectivity index (χ2n) is 4.87. The van der Waals surface area contributed by atoms with E-state index in [1.54, 1.807) is 30.3 Å². The van der Waals surface area contributed by atoms with Gasteiger partial charge >= 0.3 is 0 Å². The molecule has 0 aliphatic carbocycles. The third-order valence-corrected chi connectivity index (χ3v) is 5.64. The minimum absolute atomic E-state index is 0.0429. The van der Waals surface area contributed by atoms with Gasteiger partial charge in [0.25, 0.3) is 10.0 Å². The normalized spacial score (nSPS) is 11.0. The van der Waals surface area contributed by atoms with Crippen molar-refractivity contribution in [3.8, 4) is 11.5 Å². The molecule has 2 aromatic carbocycles. The molecule has 0 unspecified atom stereocenters. The molecular formula is C16H18N2O5S2. The molecule has 0 fully saturated rings. The topological polar surface area (TPSA) is 108 Å². The Kier molecular flexibility index (Phi) is 6.16. The summed E-state index contributed by atoms with van der Waals surface area (Å²) >= 11 is 1.15. The molecule has 0 radical (unpaired) electrons. The molecule has 2 rings (SSSR count). The number of carbonyl (C=O) groups excluding carboxylic acids is 1. The van der Waals surface area contributed by atoms with E-state index in [1.165, 1.54) is 26.4 Å². The predicted molar refractivity (Wildman–Crippen MR) is 96.7 cm³/mol. The molecule has 9 heteroatoms. The van der Waals surface area contributed by atoms with Crippen molar-refractivity contribution in [1.29, 1.82) is 0 Å². The third kappa shape index (κ3) is 4.80. The first-order valence-corrected chi connectivity index (χ1v) is 9.59. The zero-order valence-electron chi connectivity index (χ0n) is 13.7. The molecule has 134 valence electrons. The van der Waals surface area contributed by atoms with E-state index in [0.717, 1.165) is 11.8 Å². The Morgan fingerprint density at radius 1 is 1.16 bits per heavy atom. The molecule has 0 aliphatic rings. The van der Waals surface area contributed by atoms with Gasteiger partial charge in [-0.15, -0.1) is 11.8 Å². The van der Waals surface area contributed by atoms with Crippen LogP contribution in [0.1, 0.15) is 0 Å². The zero-order valence-corrected chi connectivity index (χ0v) is 15.3. The number of thioether (sulfide) groups is 1. The van der Waals surface area contributed by atoms with Crippen LogP contribution < -0.4 is 19.9 Å². The number of amides is 1. The average Bonchev–Trinajstić information content (AvgIpc) is 2.60. The highest BCUT2D eigenvalue weighted by atomic mass is 32.2. The summed E-state index contributed by atoms with van der Waals surface area (Å²) in [6.45, 7) is 0. The quantitative estimate of drug-likeness (QED) is 0.677. The number of primary amides is 1. The number of nitrogens with two attached hydrogens (primary N) is 1. The number of nitrogens with one attached hydrogen (secondary N) is 1. The van der Waals surface area contributed by atoms with Crippen LogP contribution in [-0.2, 0) is 14.8 Å². The van der Waals surface area contributed by atoms with E-state index < -0.39 is 15.9 Å². The standard InChI is InChI=1S/C16H18N2O5S2/c1-22-11-7-8-13(23-2)15(9-11)25(20,21)18-12-5-3-4-6-14(12)24-10-16(17)19/h3-9,18H,10H2,1-2H3,(H2,17,19). The largest absolute Gasteiger partial charge is 0.497 e. The van der Waals surface area contributed by atoms with Gasteiger partial charge in [0.15, 0.2) is 0 Å². The van der Waals surface area contributed by atoms with Crippen LogP contribution in [0.4, 0.5) is 5.69 Å². The summed E-state index contributed by atoms with van der Waals surface area (Å²) in [6, 6.07) is 11.2. The first kappa shape index (κ1) is 18.9. The lowest BCUT2D eigenvalue weighted by Gasteiger charge is -2.14. The molecule has 25 heavy (non-hydrogen) atoms. The van der Waals surface area contributed by atoms with Crippen molar-refractivity contribution in [1.82, 2.24) is 0 Å². The maximum atomic E-state index is 12.8. The Morgan fingerprint density at radius 2 is 1.88 bits per heavy atom. The van der Waals surface area contributed by atoms with Crippen molar-refractivity contribution >= 4 is 33.4 Å². The molecule has 1 amide bonds. The van der Waals surface area contributed by atoms with Crippen molar-refractivity contribution in [3.05, 3.63) is 42.5 Å². The Labute approximate surface area is 150 Å². The maximum Gasteiger partial charge on any atom is 0.265 e. The summed E-state index contributed by atoms with van der Waals surface area (Å²) < 4.78 is 38.3. The van der Waals surface area contributed by atoms with Gasteiger partial charge in [0.2, 0.25) is 5.91 Å². The van der Waals surface area contributed by atoms with Gasteiger partial charge in [-0.3, -0.25) is 9.52 Å². The van der Waals surface area contributed by atoms with Crippen molar-refractivity contribution in [2.75, 3.05) is 24.7 Å². The summed E-state index contributed by atoms with van der Waals surface area (Å²) in [4.78, 5) is 11.5. The number of anilines is 1. The van der Waals surface area contributed by atoms with Crippen LogP contribution in [0.15, 0.2) is 52.3 Å². The first-order valence-electron chi connectivity index (χ1n) is 7.12. The fraction of sp³-hybridized carbons (Fsp3) is 0.188. The number of methoxy groups -OCH3 is 2. The van der Waals surface area contributed by atoms with Gasteiger partial charge in [0, 0.05) is 11.0 Å². The first-order chi connectivity index (χ1) is 11.9. The number of benzene rings is 2. The minimum atomic E-state index is -3.93. The second kappa shape index (κ2) is 8.13. The van der Waals surface area contributed by atoms with Crippen LogP contribution in [0.2, 0.25) is 0 Å². The van der Waals surface area contributed by atoms with E-state index in [2.05, 4.69) is 4.72 Å². The molecule has 3 N–H and O–H groups in total. The molecule has 0 aromatic heterocycles. The Morgan fingerprint density at radius 3 is 2.52 bits per heavy atom. The van der Waals surface area contributed by atoms with E-state index in [9.17, 15) is 13.2 Å². The summed E-state index contributed by atoms with van der Waals surface area (Å²) in [5.41, 5.74) is 5.50. The molecule has 0 saturated carbocycles. The highest BCUT2D eigenvalue weighted by Gasteiger charge is 2.22. The summed E-state index contributed by atoms with van der Waals surface area (Å²) in [5, 5.41) is 0. The summed E-state index contributed by atoms with van der Waals surface area (Å²) in [5.74, 6) is 0.131. The van der Waals surface area contributed by atoms with Crippen molar-refractivity contribution in [3.63, 3.8) is 0 Å². The van der Waals surface area contributed by atoms with E-state index >= 15 is 0 Å². The molecule has 0 atom stereocenters. The van der Waals surface area contributed by atoms with Gasteiger partial charge in [0.05, 0.1) is 25.7 Å². The Bertz CT molecular complexity index is 869. The van der Waals surface area contributed by atoms with Crippen LogP contribution in [0.25, 0.3) is 0 Å². The average molecular weight is 382 g/mol. The van der Waals surface area contributed by atoms with E-state index in [-0.39, 0.29) is 16.4 Å². The predicted octanol–water partition coefficient (Wildman–Crippen LogP) is 2.08. The molecule has 0 aliphatic heterocycles. The number of hydrogen-bond donors (Lipinski definition) is 2. The second-order valence-corrected chi connectivity index (χ2v) is 7.54. The van der Waals surface area contributed by atoms with Crippen LogP contribution in [0.5, 0.6) is 11.5 Å². The highest BCUT2D eigenvalue weighted by Crippen LogP contribution is 2.32. The fourth-order valence-corrected chi connectivity index (χ4v) is 4.10. The molecule has 0 spiro atoms. The van der Waals surface area contributed by atoms with Gasteiger partial charge in [-0.2, -0.15) is 0 Å². The maximum absolute atomic E-state index is 12.8. The van der Waals surface area contributed by atoms with Gasteiger partial charge in [-0.1, -0.05) is 12.1 Å². The van der Waals surface area contributed by atoms with Crippen LogP contribution >= 0.6 is 11.8 Å². The van der Waals surface area contributed by atoms with Gasteiger partial charge in [0.1, 0.15) is 16.4 Å². The Balaban J connectivity index is 2.38. The van der Waals surface area contributed by atoms with Crippen LogP contribution in [-0.4, -0.2) is 34.3 Å². The van der Waals surface area contributed by atoms with Gasteiger partial charge < -0.3 is 15.2 Å². The molecule has 2 aromatic rings. The molecular weight excluding hydrogens is 364 g/mol. The van der Waals surface area contributed by atoms with Crippen molar-refractivity contribution < 1.29 is 22.7 Å². The van der Waals surface area contributed by atoms with Gasteiger partial charge in [-0.05, 0) is 24.3 Å². The number of rotatable bonds is 8. The molecule has 0 heterocycles. The number of ether oxygens (including phenoxy) is 2. The zero-order chi connectivity index (χ0) is 18.4. The Hall–Kier alpha value is -2.39. The lowest BCUT2D eigenvalue weighted by Crippen LogP contribution is -2.16. The fourth-order valence-electron chi connectivity index (χ4n) is 2.02. The molecule has 0 bridgehead atoms. The summed E-state index contributed by atoms with van der Waals surface area (Å²) in [6.07, 6.45) is 0. The third-order valence-electron chi connectivity index (χ3n) is 3.16. The SMILES string of the molecule is COc1ccc(OC)c(S(=O)(=O)Nc2ccccc2SCC(N)=O)c1.